The van der Waals surface area contributed by atoms with Gasteiger partial charge in [-0.15, -0.1) is 10.2 Å². The van der Waals surface area contributed by atoms with E-state index in [0.717, 1.165) is 18.4 Å². The van der Waals surface area contributed by atoms with Gasteiger partial charge in [0, 0.05) is 30.4 Å². The van der Waals surface area contributed by atoms with Crippen LogP contribution < -0.4 is 4.72 Å². The molecule has 1 N–H and O–H groups in total. The molecular formula is C24H27ClF2N6O4S2. The van der Waals surface area contributed by atoms with Crippen molar-refractivity contribution >= 4 is 50.1 Å². The molecule has 1 aliphatic carbocycles. The van der Waals surface area contributed by atoms with Crippen LogP contribution in [0.2, 0.25) is 5.15 Å². The summed E-state index contributed by atoms with van der Waals surface area (Å²) < 4.78 is 62.9. The summed E-state index contributed by atoms with van der Waals surface area (Å²) in [6.07, 6.45) is 1.75. The van der Waals surface area contributed by atoms with Gasteiger partial charge < -0.3 is 9.64 Å². The Bertz CT molecular complexity index is 1590. The predicted octanol–water partition coefficient (Wildman–Crippen LogP) is 5.30. The van der Waals surface area contributed by atoms with E-state index in [1.54, 1.807) is 25.7 Å². The molecule has 10 nitrogen and oxygen atoms in total. The van der Waals surface area contributed by atoms with Crippen molar-refractivity contribution in [3.05, 3.63) is 34.1 Å². The molecule has 2 aliphatic rings. The first-order valence-electron chi connectivity index (χ1n) is 12.2. The van der Waals surface area contributed by atoms with Gasteiger partial charge in [-0.2, -0.15) is 0 Å². The maximum atomic E-state index is 13.4. The molecular weight excluding hydrogens is 574 g/mol. The van der Waals surface area contributed by atoms with E-state index in [2.05, 4.69) is 19.9 Å². The quantitative estimate of drug-likeness (QED) is 0.408. The van der Waals surface area contributed by atoms with Crippen LogP contribution in [0.3, 0.4) is 0 Å². The van der Waals surface area contributed by atoms with Gasteiger partial charge >= 0.3 is 6.09 Å². The van der Waals surface area contributed by atoms with E-state index in [9.17, 15) is 22.0 Å². The van der Waals surface area contributed by atoms with Crippen LogP contribution in [-0.2, 0) is 14.8 Å². The number of hydrogen-bond acceptors (Lipinski definition) is 8. The van der Waals surface area contributed by atoms with Crippen LogP contribution in [0.4, 0.5) is 13.6 Å². The van der Waals surface area contributed by atoms with Crippen LogP contribution in [0.5, 0.6) is 0 Å². The number of alkyl halides is 2. The summed E-state index contributed by atoms with van der Waals surface area (Å²) in [7, 11) is -3.96. The fourth-order valence-corrected chi connectivity index (χ4v) is 6.63. The minimum atomic E-state index is -3.96. The third kappa shape index (κ3) is 5.79. The molecule has 0 saturated heterocycles. The highest BCUT2D eigenvalue weighted by Crippen LogP contribution is 2.39. The van der Waals surface area contributed by atoms with E-state index in [1.165, 1.54) is 16.7 Å². The number of amides is 1. The number of sulfonamides is 1. The highest BCUT2D eigenvalue weighted by Gasteiger charge is 2.41. The number of carbonyl (C=O) groups excluding carboxylic acids is 1. The highest BCUT2D eigenvalue weighted by atomic mass is 35.5. The number of fused-ring (bicyclic) bond motifs is 1. The van der Waals surface area contributed by atoms with Crippen molar-refractivity contribution in [1.82, 2.24) is 29.2 Å². The second kappa shape index (κ2) is 9.75. The predicted molar refractivity (Wildman–Crippen MR) is 142 cm³/mol. The second-order valence-electron chi connectivity index (χ2n) is 10.9. The molecule has 0 spiro atoms. The number of nitrogens with zero attached hydrogens (tertiary/aromatic N) is 5. The monoisotopic (exact) mass is 600 g/mol. The van der Waals surface area contributed by atoms with E-state index in [0.29, 0.717) is 35.4 Å². The number of hydrogen-bond donors (Lipinski definition) is 1. The average molecular weight is 601 g/mol. The van der Waals surface area contributed by atoms with Gasteiger partial charge in [-0.25, -0.2) is 31.7 Å². The normalized spacial score (nSPS) is 17.5. The lowest BCUT2D eigenvalue weighted by Gasteiger charge is -2.30. The molecule has 0 atom stereocenters. The lowest BCUT2D eigenvalue weighted by atomic mass is 9.99. The number of imidazole rings is 1. The summed E-state index contributed by atoms with van der Waals surface area (Å²) in [5.41, 5.74) is 0.497. The average Bonchev–Trinajstić information content (AvgIpc) is 3.23. The van der Waals surface area contributed by atoms with Gasteiger partial charge in [0.1, 0.15) is 5.60 Å². The molecule has 15 heteroatoms. The summed E-state index contributed by atoms with van der Waals surface area (Å²) in [4.78, 5) is 18.4. The summed E-state index contributed by atoms with van der Waals surface area (Å²) in [6, 6.07) is 1.53. The van der Waals surface area contributed by atoms with E-state index < -0.39 is 38.7 Å². The molecule has 1 aliphatic heterocycles. The van der Waals surface area contributed by atoms with Crippen molar-refractivity contribution < 1.29 is 26.7 Å². The fraction of sp³-hybridized carbons (Fsp3) is 0.500. The van der Waals surface area contributed by atoms with Gasteiger partial charge in [0.05, 0.1) is 10.4 Å². The van der Waals surface area contributed by atoms with Gasteiger partial charge in [-0.1, -0.05) is 29.0 Å². The first-order valence-corrected chi connectivity index (χ1v) is 14.9. The minimum Gasteiger partial charge on any atom is -0.444 e. The smallest absolute Gasteiger partial charge is 0.410 e. The van der Waals surface area contributed by atoms with E-state index in [1.807, 2.05) is 13.0 Å². The van der Waals surface area contributed by atoms with Gasteiger partial charge in [-0.3, -0.25) is 4.40 Å². The summed E-state index contributed by atoms with van der Waals surface area (Å²) in [5.74, 6) is 0.0992. The molecule has 1 amide bonds. The zero-order valence-electron chi connectivity index (χ0n) is 21.7. The van der Waals surface area contributed by atoms with E-state index in [4.69, 9.17) is 16.3 Å². The number of ether oxygens (including phenoxy) is 1. The number of nitrogens with one attached hydrogen (secondary N) is 1. The lowest BCUT2D eigenvalue weighted by Crippen LogP contribution is -2.39. The third-order valence-electron chi connectivity index (χ3n) is 6.38. The molecule has 1 fully saturated rings. The number of aromatic nitrogens is 4. The van der Waals surface area contributed by atoms with Crippen LogP contribution >= 0.6 is 22.9 Å². The molecule has 3 aromatic heterocycles. The van der Waals surface area contributed by atoms with E-state index >= 15 is 0 Å². The second-order valence-corrected chi connectivity index (χ2v) is 13.9. The molecule has 39 heavy (non-hydrogen) atoms. The lowest BCUT2D eigenvalue weighted by molar-refractivity contribution is 0.0270. The van der Waals surface area contributed by atoms with Crippen molar-refractivity contribution in [2.24, 2.45) is 0 Å². The maximum absolute atomic E-state index is 13.4. The molecule has 1 saturated carbocycles. The van der Waals surface area contributed by atoms with Crippen LogP contribution in [0.1, 0.15) is 64.0 Å². The highest BCUT2D eigenvalue weighted by molar-refractivity contribution is 7.89. The topological polar surface area (TPSA) is 119 Å². The summed E-state index contributed by atoms with van der Waals surface area (Å²) in [5, 5.41) is 7.01. The minimum absolute atomic E-state index is 0.0393. The summed E-state index contributed by atoms with van der Waals surface area (Å²) >= 11 is 7.21. The van der Waals surface area contributed by atoms with Crippen molar-refractivity contribution in [3.63, 3.8) is 0 Å². The molecule has 4 heterocycles. The Kier molecular flexibility index (Phi) is 6.97. The van der Waals surface area contributed by atoms with Crippen LogP contribution in [0, 0.1) is 0 Å². The van der Waals surface area contributed by atoms with Crippen molar-refractivity contribution in [1.29, 1.82) is 0 Å². The first-order chi connectivity index (χ1) is 18.2. The molecule has 5 rings (SSSR count). The van der Waals surface area contributed by atoms with Crippen LogP contribution in [0.25, 0.3) is 21.9 Å². The zero-order valence-corrected chi connectivity index (χ0v) is 24.1. The molecule has 210 valence electrons. The van der Waals surface area contributed by atoms with Crippen molar-refractivity contribution in [3.8, 4) is 10.8 Å². The number of carbonyl (C=O) groups is 1. The Labute approximate surface area is 233 Å². The first kappa shape index (κ1) is 27.9. The number of halogens is 3. The maximum Gasteiger partial charge on any atom is 0.410 e. The molecule has 0 unspecified atom stereocenters. The van der Waals surface area contributed by atoms with Crippen LogP contribution in [0.15, 0.2) is 23.2 Å². The van der Waals surface area contributed by atoms with Crippen molar-refractivity contribution in [2.45, 2.75) is 69.4 Å². The Balaban J connectivity index is 1.61. The summed E-state index contributed by atoms with van der Waals surface area (Å²) in [6.45, 7) is 7.78. The Morgan fingerprint density at radius 1 is 1.28 bits per heavy atom. The zero-order chi connectivity index (χ0) is 28.3. The van der Waals surface area contributed by atoms with Gasteiger partial charge in [0.25, 0.3) is 6.43 Å². The van der Waals surface area contributed by atoms with Gasteiger partial charge in [0.15, 0.2) is 21.0 Å². The fourth-order valence-electron chi connectivity index (χ4n) is 4.18. The van der Waals surface area contributed by atoms with Gasteiger partial charge in [-0.05, 0) is 58.6 Å². The number of rotatable bonds is 6. The molecule has 3 aromatic rings. The largest absolute Gasteiger partial charge is 0.444 e. The molecule has 0 aromatic carbocycles. The van der Waals surface area contributed by atoms with Crippen molar-refractivity contribution in [2.75, 3.05) is 13.1 Å². The standard InChI is InChI=1S/C24H27ClF2N6O4S2/c1-23(2,3)37-22(34)32-9-5-13(6-10-32)15-11-14(39(35,36)31-24(4)7-8-24)12-33-16(15)17(25)28-19(33)21-30-29-20(38-21)18(26)27/h5,11-12,18,31H,6-10H2,1-4H3. The Hall–Kier alpha value is -2.68. The molecule has 0 radical (unpaired) electrons. The van der Waals surface area contributed by atoms with Gasteiger partial charge in [0.2, 0.25) is 10.0 Å². The van der Waals surface area contributed by atoms with Crippen LogP contribution in [-0.4, -0.2) is 63.2 Å². The third-order valence-corrected chi connectivity index (χ3v) is 9.18. The number of pyridine rings is 1. The Morgan fingerprint density at radius 2 is 2.00 bits per heavy atom. The Morgan fingerprint density at radius 3 is 2.56 bits per heavy atom. The SMILES string of the molecule is CC1(NS(=O)(=O)c2cc(C3=CCN(C(=O)OC(C)(C)C)CC3)c3c(Cl)nc(-c4nnc(C(F)F)s4)n3c2)CC1. The molecule has 0 bridgehead atoms. The van der Waals surface area contributed by atoms with E-state index in [-0.39, 0.29) is 27.4 Å².